The lowest BCUT2D eigenvalue weighted by Gasteiger charge is -2.35. The Bertz CT molecular complexity index is 278. The van der Waals surface area contributed by atoms with E-state index in [2.05, 4.69) is 0 Å². The monoisotopic (exact) mass is 231 g/mol. The van der Waals surface area contributed by atoms with E-state index in [1.807, 2.05) is 0 Å². The lowest BCUT2D eigenvalue weighted by molar-refractivity contribution is -0.148. The van der Waals surface area contributed by atoms with E-state index in [0.717, 1.165) is 0 Å². The Balaban J connectivity index is 4.88. The number of likely N-dealkylation sites (N-methyl/N-ethyl adjacent to an activating group) is 1. The third kappa shape index (κ3) is 3.72. The first-order chi connectivity index (χ1) is 7.02. The minimum absolute atomic E-state index is 0.286. The van der Waals surface area contributed by atoms with Crippen molar-refractivity contribution < 1.29 is 19.4 Å². The van der Waals surface area contributed by atoms with Crippen LogP contribution < -0.4 is 0 Å². The number of ether oxygens (including phenoxy) is 1. The maximum absolute atomic E-state index is 11.8. The van der Waals surface area contributed by atoms with E-state index in [-0.39, 0.29) is 6.54 Å². The molecule has 0 aromatic rings. The predicted octanol–water partition coefficient (Wildman–Crippen LogP) is 2.11. The van der Waals surface area contributed by atoms with Gasteiger partial charge in [0.15, 0.2) is 0 Å². The Morgan fingerprint density at radius 1 is 1.19 bits per heavy atom. The topological polar surface area (TPSA) is 66.8 Å². The first-order valence-corrected chi connectivity index (χ1v) is 5.26. The molecule has 0 aromatic heterocycles. The van der Waals surface area contributed by atoms with Crippen molar-refractivity contribution in [2.24, 2.45) is 0 Å². The molecule has 0 atom stereocenters. The molecule has 0 aliphatic rings. The smallest absolute Gasteiger partial charge is 0.411 e. The van der Waals surface area contributed by atoms with Gasteiger partial charge in [-0.1, -0.05) is 0 Å². The normalized spacial score (nSPS) is 12.1. The highest BCUT2D eigenvalue weighted by molar-refractivity contribution is 5.83. The van der Waals surface area contributed by atoms with Crippen LogP contribution >= 0.6 is 0 Å². The molecule has 0 saturated carbocycles. The fraction of sp³-hybridized carbons (Fsp3) is 0.818. The highest BCUT2D eigenvalue weighted by atomic mass is 16.6. The number of amides is 1. The number of carboxylic acids is 1. The van der Waals surface area contributed by atoms with E-state index < -0.39 is 23.2 Å². The van der Waals surface area contributed by atoms with Crippen LogP contribution in [-0.2, 0) is 9.53 Å². The first kappa shape index (κ1) is 14.7. The molecule has 5 heteroatoms. The van der Waals surface area contributed by atoms with Crippen LogP contribution in [0.1, 0.15) is 41.5 Å². The van der Waals surface area contributed by atoms with Gasteiger partial charge in [0.1, 0.15) is 11.1 Å². The summed E-state index contributed by atoms with van der Waals surface area (Å²) < 4.78 is 5.15. The van der Waals surface area contributed by atoms with Crippen LogP contribution in [0.25, 0.3) is 0 Å². The van der Waals surface area contributed by atoms with E-state index in [9.17, 15) is 9.59 Å². The molecule has 94 valence electrons. The Morgan fingerprint density at radius 3 is 1.88 bits per heavy atom. The second-order valence-corrected chi connectivity index (χ2v) is 5.09. The quantitative estimate of drug-likeness (QED) is 0.807. The number of nitrogens with zero attached hydrogens (tertiary/aromatic N) is 1. The van der Waals surface area contributed by atoms with Crippen molar-refractivity contribution in [1.82, 2.24) is 4.90 Å². The maximum Gasteiger partial charge on any atom is 0.411 e. The van der Waals surface area contributed by atoms with Gasteiger partial charge < -0.3 is 9.84 Å². The largest absolute Gasteiger partial charge is 0.480 e. The van der Waals surface area contributed by atoms with Crippen molar-refractivity contribution in [3.8, 4) is 0 Å². The van der Waals surface area contributed by atoms with Crippen LogP contribution in [0.15, 0.2) is 0 Å². The number of rotatable bonds is 3. The highest BCUT2D eigenvalue weighted by Crippen LogP contribution is 2.18. The van der Waals surface area contributed by atoms with Crippen molar-refractivity contribution in [2.45, 2.75) is 52.7 Å². The van der Waals surface area contributed by atoms with Crippen molar-refractivity contribution in [3.05, 3.63) is 0 Å². The van der Waals surface area contributed by atoms with Crippen molar-refractivity contribution in [2.75, 3.05) is 6.54 Å². The summed E-state index contributed by atoms with van der Waals surface area (Å²) in [6, 6.07) is 0. The zero-order valence-corrected chi connectivity index (χ0v) is 10.8. The van der Waals surface area contributed by atoms with E-state index >= 15 is 0 Å². The predicted molar refractivity (Wildman–Crippen MR) is 60.3 cm³/mol. The van der Waals surface area contributed by atoms with Gasteiger partial charge >= 0.3 is 12.1 Å². The third-order valence-electron chi connectivity index (χ3n) is 2.13. The van der Waals surface area contributed by atoms with Gasteiger partial charge in [0.05, 0.1) is 0 Å². The number of carbonyl (C=O) groups is 2. The summed E-state index contributed by atoms with van der Waals surface area (Å²) in [5.41, 5.74) is -1.89. The van der Waals surface area contributed by atoms with Crippen LogP contribution in [-0.4, -0.2) is 39.8 Å². The molecule has 0 rings (SSSR count). The molecule has 16 heavy (non-hydrogen) atoms. The molecule has 0 saturated heterocycles. The van der Waals surface area contributed by atoms with Crippen LogP contribution in [0, 0.1) is 0 Å². The van der Waals surface area contributed by atoms with Crippen LogP contribution in [0.5, 0.6) is 0 Å². The van der Waals surface area contributed by atoms with Gasteiger partial charge in [0.2, 0.25) is 0 Å². The third-order valence-corrected chi connectivity index (χ3v) is 2.13. The van der Waals surface area contributed by atoms with E-state index in [0.29, 0.717) is 0 Å². The van der Waals surface area contributed by atoms with Crippen LogP contribution in [0.2, 0.25) is 0 Å². The van der Waals surface area contributed by atoms with E-state index in [1.165, 1.54) is 18.7 Å². The summed E-state index contributed by atoms with van der Waals surface area (Å²) >= 11 is 0. The minimum atomic E-state index is -1.27. The Kier molecular flexibility index (Phi) is 4.35. The van der Waals surface area contributed by atoms with Crippen LogP contribution in [0.3, 0.4) is 0 Å². The summed E-state index contributed by atoms with van der Waals surface area (Å²) in [4.78, 5) is 24.0. The molecule has 1 amide bonds. The standard InChI is InChI=1S/C11H21NO4/c1-7-12(11(5,6)8(13)14)9(15)16-10(2,3)4/h7H2,1-6H3,(H,13,14). The lowest BCUT2D eigenvalue weighted by atomic mass is 10.0. The van der Waals surface area contributed by atoms with Gasteiger partial charge in [0.25, 0.3) is 0 Å². The van der Waals surface area contributed by atoms with Gasteiger partial charge in [0, 0.05) is 6.54 Å². The van der Waals surface area contributed by atoms with E-state index in [1.54, 1.807) is 27.7 Å². The number of hydrogen-bond acceptors (Lipinski definition) is 3. The first-order valence-electron chi connectivity index (χ1n) is 5.26. The SMILES string of the molecule is CCN(C(=O)OC(C)(C)C)C(C)(C)C(=O)O. The second kappa shape index (κ2) is 4.72. The van der Waals surface area contributed by atoms with Crippen molar-refractivity contribution in [3.63, 3.8) is 0 Å². The Morgan fingerprint density at radius 2 is 1.62 bits per heavy atom. The number of hydrogen-bond donors (Lipinski definition) is 1. The highest BCUT2D eigenvalue weighted by Gasteiger charge is 2.38. The zero-order chi connectivity index (χ0) is 13.1. The average molecular weight is 231 g/mol. The fourth-order valence-corrected chi connectivity index (χ4v) is 1.19. The molecule has 0 radical (unpaired) electrons. The van der Waals surface area contributed by atoms with Crippen molar-refractivity contribution >= 4 is 12.1 Å². The van der Waals surface area contributed by atoms with Gasteiger partial charge in [-0.25, -0.2) is 9.59 Å². The molecule has 0 fully saturated rings. The average Bonchev–Trinajstić information content (AvgIpc) is 2.00. The zero-order valence-electron chi connectivity index (χ0n) is 10.8. The summed E-state index contributed by atoms with van der Waals surface area (Å²) in [6.07, 6.45) is -0.609. The molecule has 0 aliphatic carbocycles. The summed E-state index contributed by atoms with van der Waals surface area (Å²) in [7, 11) is 0. The Labute approximate surface area is 96.4 Å². The maximum atomic E-state index is 11.8. The Hall–Kier alpha value is -1.26. The molecule has 0 bridgehead atoms. The van der Waals surface area contributed by atoms with Gasteiger partial charge in [-0.2, -0.15) is 0 Å². The number of carboxylic acid groups (broad SMARTS) is 1. The van der Waals surface area contributed by atoms with Gasteiger partial charge in [-0.05, 0) is 41.5 Å². The molecule has 0 heterocycles. The van der Waals surface area contributed by atoms with Crippen molar-refractivity contribution in [1.29, 1.82) is 0 Å². The van der Waals surface area contributed by atoms with E-state index in [4.69, 9.17) is 9.84 Å². The number of aliphatic carboxylic acids is 1. The van der Waals surface area contributed by atoms with Gasteiger partial charge in [-0.15, -0.1) is 0 Å². The summed E-state index contributed by atoms with van der Waals surface area (Å²) in [6.45, 7) is 10.2. The summed E-state index contributed by atoms with van der Waals surface area (Å²) in [5, 5.41) is 9.04. The summed E-state index contributed by atoms with van der Waals surface area (Å²) in [5.74, 6) is -1.06. The molecule has 0 aliphatic heterocycles. The molecule has 0 unspecified atom stereocenters. The fourth-order valence-electron chi connectivity index (χ4n) is 1.19. The second-order valence-electron chi connectivity index (χ2n) is 5.09. The lowest BCUT2D eigenvalue weighted by Crippen LogP contribution is -2.54. The van der Waals surface area contributed by atoms with Crippen LogP contribution in [0.4, 0.5) is 4.79 Å². The molecule has 1 N–H and O–H groups in total. The number of carbonyl (C=O) groups excluding carboxylic acids is 1. The molecule has 0 spiro atoms. The molecular weight excluding hydrogens is 210 g/mol. The minimum Gasteiger partial charge on any atom is -0.480 e. The molecular formula is C11H21NO4. The van der Waals surface area contributed by atoms with Gasteiger partial charge in [-0.3, -0.25) is 4.90 Å². The molecule has 5 nitrogen and oxygen atoms in total. The molecule has 0 aromatic carbocycles.